The number of carbonyl (C=O) groups excluding carboxylic acids is 1. The Labute approximate surface area is 150 Å². The molecular weight excluding hydrogens is 312 g/mol. The first-order chi connectivity index (χ1) is 11.8. The smallest absolute Gasteiger partial charge is 0.176 e. The lowest BCUT2D eigenvalue weighted by Crippen LogP contribution is -2.66. The zero-order valence-electron chi connectivity index (χ0n) is 16.0. The van der Waals surface area contributed by atoms with Crippen molar-refractivity contribution >= 4 is 5.78 Å². The molecule has 0 amide bonds. The largest absolute Gasteiger partial charge is 0.352 e. The SMILES string of the molecule is COC12CCC3(CO1)C(=CC=C1C4CCC(=O)C4(C)CCC13)C2(C)C. The van der Waals surface area contributed by atoms with E-state index in [-0.39, 0.29) is 16.2 Å². The van der Waals surface area contributed by atoms with Crippen molar-refractivity contribution in [2.24, 2.45) is 28.1 Å². The van der Waals surface area contributed by atoms with Gasteiger partial charge in [0.15, 0.2) is 5.79 Å². The number of fused-ring (bicyclic) bond motifs is 5. The van der Waals surface area contributed by atoms with E-state index in [9.17, 15) is 4.79 Å². The highest BCUT2D eigenvalue weighted by Gasteiger charge is 2.68. The van der Waals surface area contributed by atoms with Gasteiger partial charge in [0, 0.05) is 36.2 Å². The Hall–Kier alpha value is -0.930. The van der Waals surface area contributed by atoms with E-state index in [1.54, 1.807) is 12.7 Å². The van der Waals surface area contributed by atoms with Gasteiger partial charge in [-0.15, -0.1) is 0 Å². The summed E-state index contributed by atoms with van der Waals surface area (Å²) in [7, 11) is 1.79. The molecule has 5 fully saturated rings. The molecule has 0 aromatic carbocycles. The van der Waals surface area contributed by atoms with Crippen molar-refractivity contribution in [1.29, 1.82) is 0 Å². The molecule has 2 aliphatic heterocycles. The van der Waals surface area contributed by atoms with E-state index in [1.165, 1.54) is 5.57 Å². The summed E-state index contributed by atoms with van der Waals surface area (Å²) in [5.41, 5.74) is 2.99. The van der Waals surface area contributed by atoms with E-state index < -0.39 is 5.79 Å². The molecule has 1 spiro atoms. The first-order valence-corrected chi connectivity index (χ1v) is 9.96. The zero-order valence-corrected chi connectivity index (χ0v) is 16.0. The van der Waals surface area contributed by atoms with Crippen LogP contribution in [-0.4, -0.2) is 25.3 Å². The highest BCUT2D eigenvalue weighted by molar-refractivity contribution is 5.88. The van der Waals surface area contributed by atoms with E-state index in [1.807, 2.05) is 0 Å². The second-order valence-corrected chi connectivity index (χ2v) is 9.80. The predicted molar refractivity (Wildman–Crippen MR) is 95.9 cm³/mol. The van der Waals surface area contributed by atoms with Crippen LogP contribution in [0.2, 0.25) is 0 Å². The molecule has 6 aliphatic rings. The predicted octanol–water partition coefficient (Wildman–Crippen LogP) is 4.43. The Kier molecular flexibility index (Phi) is 3.04. The van der Waals surface area contributed by atoms with Crippen molar-refractivity contribution < 1.29 is 14.3 Å². The van der Waals surface area contributed by atoms with E-state index in [4.69, 9.17) is 9.47 Å². The minimum atomic E-state index is -0.474. The highest BCUT2D eigenvalue weighted by Crippen LogP contribution is 2.70. The Morgan fingerprint density at radius 2 is 1.88 bits per heavy atom. The molecule has 3 heteroatoms. The molecule has 2 heterocycles. The number of ether oxygens (including phenoxy) is 2. The van der Waals surface area contributed by atoms with E-state index in [0.29, 0.717) is 17.6 Å². The molecule has 136 valence electrons. The maximum absolute atomic E-state index is 12.5. The van der Waals surface area contributed by atoms with Crippen molar-refractivity contribution in [3.8, 4) is 0 Å². The second kappa shape index (κ2) is 4.67. The molecule has 25 heavy (non-hydrogen) atoms. The molecule has 4 aliphatic carbocycles. The lowest BCUT2D eigenvalue weighted by Gasteiger charge is -2.66. The molecular formula is C22H30O3. The maximum Gasteiger partial charge on any atom is 0.176 e. The molecule has 0 aromatic rings. The molecule has 3 nitrogen and oxygen atoms in total. The molecule has 5 atom stereocenters. The minimum absolute atomic E-state index is 0.105. The van der Waals surface area contributed by atoms with Crippen LogP contribution in [-0.2, 0) is 14.3 Å². The van der Waals surface area contributed by atoms with Gasteiger partial charge in [0.25, 0.3) is 0 Å². The number of carbonyl (C=O) groups is 1. The lowest BCUT2D eigenvalue weighted by atomic mass is 9.45. The third-order valence-electron chi connectivity index (χ3n) is 8.89. The van der Waals surface area contributed by atoms with Crippen LogP contribution in [0.3, 0.4) is 0 Å². The van der Waals surface area contributed by atoms with Gasteiger partial charge in [-0.05, 0) is 37.5 Å². The fourth-order valence-corrected chi connectivity index (χ4v) is 7.35. The average molecular weight is 342 g/mol. The van der Waals surface area contributed by atoms with Crippen LogP contribution in [0.15, 0.2) is 23.3 Å². The lowest BCUT2D eigenvalue weighted by molar-refractivity contribution is -0.339. The standard InChI is InChI=1S/C22H30O3/c1-19(2)17-7-5-14-15-6-8-18(23)20(15,3)10-9-16(14)21(17)11-12-22(19,24-4)25-13-21/h5,7,15-16H,6,8-13H2,1-4H3. The van der Waals surface area contributed by atoms with E-state index >= 15 is 0 Å². The van der Waals surface area contributed by atoms with Gasteiger partial charge in [0.2, 0.25) is 0 Å². The summed E-state index contributed by atoms with van der Waals surface area (Å²) in [5.74, 6) is 1.01. The summed E-state index contributed by atoms with van der Waals surface area (Å²) >= 11 is 0. The number of Topliss-reactive ketones (excluding diaryl/α,β-unsaturated/α-hetero) is 1. The molecule has 5 unspecified atom stereocenters. The molecule has 2 bridgehead atoms. The van der Waals surface area contributed by atoms with Crippen LogP contribution < -0.4 is 0 Å². The van der Waals surface area contributed by atoms with E-state index in [2.05, 4.69) is 32.9 Å². The van der Waals surface area contributed by atoms with Crippen molar-refractivity contribution in [2.45, 2.75) is 65.1 Å². The van der Waals surface area contributed by atoms with Crippen LogP contribution in [0.1, 0.15) is 59.3 Å². The third kappa shape index (κ3) is 1.64. The normalized spacial score (nSPS) is 49.8. The monoisotopic (exact) mass is 342 g/mol. The molecule has 6 rings (SSSR count). The minimum Gasteiger partial charge on any atom is -0.352 e. The van der Waals surface area contributed by atoms with Gasteiger partial charge in [-0.1, -0.05) is 44.1 Å². The van der Waals surface area contributed by atoms with Gasteiger partial charge >= 0.3 is 0 Å². The molecule has 0 radical (unpaired) electrons. The summed E-state index contributed by atoms with van der Waals surface area (Å²) < 4.78 is 12.4. The fraction of sp³-hybridized carbons (Fsp3) is 0.773. The van der Waals surface area contributed by atoms with Crippen LogP contribution in [0.5, 0.6) is 0 Å². The molecule has 3 saturated carbocycles. The van der Waals surface area contributed by atoms with Crippen molar-refractivity contribution in [1.82, 2.24) is 0 Å². The van der Waals surface area contributed by atoms with Crippen molar-refractivity contribution in [2.75, 3.05) is 13.7 Å². The fourth-order valence-electron chi connectivity index (χ4n) is 7.35. The van der Waals surface area contributed by atoms with Gasteiger partial charge in [-0.3, -0.25) is 4.79 Å². The molecule has 2 saturated heterocycles. The van der Waals surface area contributed by atoms with E-state index in [0.717, 1.165) is 45.1 Å². The number of hydrogen-bond donors (Lipinski definition) is 0. The Morgan fingerprint density at radius 1 is 1.08 bits per heavy atom. The first kappa shape index (κ1) is 16.3. The highest BCUT2D eigenvalue weighted by atomic mass is 16.7. The third-order valence-corrected chi connectivity index (χ3v) is 8.89. The Bertz CT molecular complexity index is 705. The van der Waals surface area contributed by atoms with Crippen LogP contribution >= 0.6 is 0 Å². The second-order valence-electron chi connectivity index (χ2n) is 9.80. The van der Waals surface area contributed by atoms with Gasteiger partial charge in [-0.25, -0.2) is 0 Å². The molecule has 0 N–H and O–H groups in total. The average Bonchev–Trinajstić information content (AvgIpc) is 2.90. The number of hydrogen-bond acceptors (Lipinski definition) is 3. The van der Waals surface area contributed by atoms with Crippen molar-refractivity contribution in [3.63, 3.8) is 0 Å². The summed E-state index contributed by atoms with van der Waals surface area (Å²) in [4.78, 5) is 12.5. The Balaban J connectivity index is 1.64. The van der Waals surface area contributed by atoms with Crippen molar-refractivity contribution in [3.05, 3.63) is 23.3 Å². The topological polar surface area (TPSA) is 35.5 Å². The quantitative estimate of drug-likeness (QED) is 0.707. The van der Waals surface area contributed by atoms with Crippen LogP contribution in [0.4, 0.5) is 0 Å². The Morgan fingerprint density at radius 3 is 2.56 bits per heavy atom. The van der Waals surface area contributed by atoms with Gasteiger partial charge in [-0.2, -0.15) is 0 Å². The number of allylic oxidation sites excluding steroid dienone is 3. The van der Waals surface area contributed by atoms with Gasteiger partial charge < -0.3 is 9.47 Å². The van der Waals surface area contributed by atoms with Gasteiger partial charge in [0.1, 0.15) is 5.78 Å². The summed E-state index contributed by atoms with van der Waals surface area (Å²) in [6.07, 6.45) is 10.9. The maximum atomic E-state index is 12.5. The summed E-state index contributed by atoms with van der Waals surface area (Å²) in [6, 6.07) is 0. The number of ketones is 1. The van der Waals surface area contributed by atoms with Crippen LogP contribution in [0, 0.1) is 28.1 Å². The zero-order chi connectivity index (χ0) is 17.7. The number of methoxy groups -OCH3 is 1. The van der Waals surface area contributed by atoms with Gasteiger partial charge in [0.05, 0.1) is 6.61 Å². The summed E-state index contributed by atoms with van der Waals surface area (Å²) in [5, 5.41) is 0. The summed E-state index contributed by atoms with van der Waals surface area (Å²) in [6.45, 7) is 7.58. The van der Waals surface area contributed by atoms with Crippen LogP contribution in [0.25, 0.3) is 0 Å². The molecule has 0 aromatic heterocycles. The first-order valence-electron chi connectivity index (χ1n) is 9.96. The number of rotatable bonds is 1.